The largest absolute Gasteiger partial charge is 0.364 e. The molecule has 1 unspecified atom stereocenters. The van der Waals surface area contributed by atoms with Crippen LogP contribution in [0.3, 0.4) is 0 Å². The number of nitrogens with two attached hydrogens (primary N) is 1. The van der Waals surface area contributed by atoms with Gasteiger partial charge < -0.3 is 10.3 Å². The van der Waals surface area contributed by atoms with Gasteiger partial charge in [0.05, 0.1) is 5.69 Å². The van der Waals surface area contributed by atoms with E-state index in [-0.39, 0.29) is 5.54 Å². The lowest BCUT2D eigenvalue weighted by molar-refractivity contribution is 0.378. The molecule has 3 heteroatoms. The summed E-state index contributed by atoms with van der Waals surface area (Å²) in [5.41, 5.74) is 9.63. The molecule has 3 rings (SSSR count). The Labute approximate surface area is 94.2 Å². The molecular formula is C13H14N2O. The molecule has 1 aromatic heterocycles. The Morgan fingerprint density at radius 1 is 1.25 bits per heavy atom. The van der Waals surface area contributed by atoms with Crippen LogP contribution in [0.2, 0.25) is 0 Å². The average molecular weight is 214 g/mol. The fourth-order valence-electron chi connectivity index (χ4n) is 2.42. The maximum atomic E-state index is 6.48. The van der Waals surface area contributed by atoms with Gasteiger partial charge in [0.2, 0.25) is 0 Å². The Bertz CT molecular complexity index is 492. The van der Waals surface area contributed by atoms with Crippen molar-refractivity contribution < 1.29 is 4.52 Å². The number of nitrogens with zero attached hydrogens (tertiary/aromatic N) is 1. The van der Waals surface area contributed by atoms with Crippen LogP contribution in [0.5, 0.6) is 0 Å². The van der Waals surface area contributed by atoms with Crippen molar-refractivity contribution in [2.45, 2.75) is 24.8 Å². The Morgan fingerprint density at radius 2 is 2.06 bits per heavy atom. The zero-order valence-corrected chi connectivity index (χ0v) is 9.02. The molecule has 0 spiro atoms. The standard InChI is InChI=1S/C13H14N2O/c14-13(11-4-2-1-3-5-11)7-6-12-10(8-13)9-16-15-12/h1-5,9H,6-8,14H2. The molecule has 1 aliphatic rings. The molecule has 0 bridgehead atoms. The molecule has 1 atom stereocenters. The molecule has 0 saturated heterocycles. The van der Waals surface area contributed by atoms with Crippen LogP contribution < -0.4 is 5.73 Å². The van der Waals surface area contributed by atoms with Gasteiger partial charge in [-0.1, -0.05) is 35.5 Å². The van der Waals surface area contributed by atoms with E-state index in [4.69, 9.17) is 10.3 Å². The van der Waals surface area contributed by atoms with Crippen molar-refractivity contribution >= 4 is 0 Å². The van der Waals surface area contributed by atoms with Crippen molar-refractivity contribution in [2.24, 2.45) is 5.73 Å². The fraction of sp³-hybridized carbons (Fsp3) is 0.308. The number of aromatic nitrogens is 1. The third-order valence-corrected chi connectivity index (χ3v) is 3.39. The van der Waals surface area contributed by atoms with E-state index in [0.29, 0.717) is 0 Å². The Hall–Kier alpha value is -1.61. The molecule has 1 heterocycles. The number of benzene rings is 1. The highest BCUT2D eigenvalue weighted by Gasteiger charge is 2.33. The van der Waals surface area contributed by atoms with Crippen LogP contribution in [-0.4, -0.2) is 5.16 Å². The average Bonchev–Trinajstić information content (AvgIpc) is 2.77. The molecule has 0 fully saturated rings. The van der Waals surface area contributed by atoms with E-state index in [1.165, 1.54) is 5.56 Å². The highest BCUT2D eigenvalue weighted by atomic mass is 16.5. The number of fused-ring (bicyclic) bond motifs is 1. The van der Waals surface area contributed by atoms with Gasteiger partial charge in [0.1, 0.15) is 6.26 Å². The van der Waals surface area contributed by atoms with Gasteiger partial charge in [0.25, 0.3) is 0 Å². The summed E-state index contributed by atoms with van der Waals surface area (Å²) in [6.45, 7) is 0. The Balaban J connectivity index is 1.98. The number of hydrogen-bond acceptors (Lipinski definition) is 3. The van der Waals surface area contributed by atoms with Crippen molar-refractivity contribution in [3.8, 4) is 0 Å². The van der Waals surface area contributed by atoms with Gasteiger partial charge in [0.15, 0.2) is 0 Å². The van der Waals surface area contributed by atoms with Gasteiger partial charge in [-0.15, -0.1) is 0 Å². The van der Waals surface area contributed by atoms with E-state index in [2.05, 4.69) is 17.3 Å². The molecule has 16 heavy (non-hydrogen) atoms. The van der Waals surface area contributed by atoms with Crippen LogP contribution >= 0.6 is 0 Å². The first-order chi connectivity index (χ1) is 7.78. The highest BCUT2D eigenvalue weighted by molar-refractivity contribution is 5.31. The lowest BCUT2D eigenvalue weighted by Crippen LogP contribution is -2.41. The van der Waals surface area contributed by atoms with Crippen molar-refractivity contribution in [1.82, 2.24) is 5.16 Å². The summed E-state index contributed by atoms with van der Waals surface area (Å²) in [5, 5.41) is 3.99. The van der Waals surface area contributed by atoms with Gasteiger partial charge >= 0.3 is 0 Å². The molecule has 0 aliphatic heterocycles. The number of aryl methyl sites for hydroxylation is 1. The van der Waals surface area contributed by atoms with Gasteiger partial charge in [0, 0.05) is 11.1 Å². The van der Waals surface area contributed by atoms with Crippen molar-refractivity contribution in [2.75, 3.05) is 0 Å². The van der Waals surface area contributed by atoms with E-state index >= 15 is 0 Å². The molecule has 0 radical (unpaired) electrons. The molecule has 1 aromatic carbocycles. The molecule has 82 valence electrons. The number of rotatable bonds is 1. The quantitative estimate of drug-likeness (QED) is 0.790. The van der Waals surface area contributed by atoms with Crippen molar-refractivity contribution in [1.29, 1.82) is 0 Å². The molecule has 0 amide bonds. The highest BCUT2D eigenvalue weighted by Crippen LogP contribution is 2.33. The van der Waals surface area contributed by atoms with E-state index in [1.807, 2.05) is 18.2 Å². The Morgan fingerprint density at radius 3 is 2.88 bits per heavy atom. The van der Waals surface area contributed by atoms with Gasteiger partial charge in [-0.05, 0) is 24.8 Å². The first kappa shape index (κ1) is 9.60. The van der Waals surface area contributed by atoms with Crippen molar-refractivity contribution in [3.63, 3.8) is 0 Å². The third kappa shape index (κ3) is 1.44. The molecule has 3 nitrogen and oxygen atoms in total. The minimum atomic E-state index is -0.264. The van der Waals surface area contributed by atoms with Crippen LogP contribution in [0.15, 0.2) is 41.1 Å². The summed E-state index contributed by atoms with van der Waals surface area (Å²) in [6, 6.07) is 10.3. The first-order valence-electron chi connectivity index (χ1n) is 5.54. The Kier molecular flexibility index (Phi) is 2.07. The monoisotopic (exact) mass is 214 g/mol. The zero-order valence-electron chi connectivity index (χ0n) is 9.02. The number of hydrogen-bond donors (Lipinski definition) is 1. The topological polar surface area (TPSA) is 52.0 Å². The third-order valence-electron chi connectivity index (χ3n) is 3.39. The summed E-state index contributed by atoms with van der Waals surface area (Å²) in [6.07, 6.45) is 4.36. The van der Waals surface area contributed by atoms with E-state index < -0.39 is 0 Å². The normalized spacial score (nSPS) is 24.1. The second-order valence-corrected chi connectivity index (χ2v) is 4.49. The predicted molar refractivity (Wildman–Crippen MR) is 60.8 cm³/mol. The lowest BCUT2D eigenvalue weighted by Gasteiger charge is -2.33. The summed E-state index contributed by atoms with van der Waals surface area (Å²) in [7, 11) is 0. The van der Waals surface area contributed by atoms with Gasteiger partial charge in [-0.2, -0.15) is 0 Å². The van der Waals surface area contributed by atoms with Crippen molar-refractivity contribution in [3.05, 3.63) is 53.4 Å². The predicted octanol–water partition coefficient (Wildman–Crippen LogP) is 2.02. The maximum Gasteiger partial charge on any atom is 0.127 e. The molecule has 1 aliphatic carbocycles. The van der Waals surface area contributed by atoms with Crippen LogP contribution in [0.25, 0.3) is 0 Å². The van der Waals surface area contributed by atoms with Crippen LogP contribution in [0.1, 0.15) is 23.2 Å². The lowest BCUT2D eigenvalue weighted by atomic mass is 9.77. The summed E-state index contributed by atoms with van der Waals surface area (Å²) < 4.78 is 4.99. The first-order valence-corrected chi connectivity index (χ1v) is 5.54. The molecule has 0 saturated carbocycles. The zero-order chi connectivity index (χ0) is 11.0. The SMILES string of the molecule is NC1(c2ccccc2)CCc2nocc2C1. The van der Waals surface area contributed by atoms with E-state index in [9.17, 15) is 0 Å². The smallest absolute Gasteiger partial charge is 0.127 e. The van der Waals surface area contributed by atoms with Gasteiger partial charge in [-0.25, -0.2) is 0 Å². The van der Waals surface area contributed by atoms with Crippen LogP contribution in [0, 0.1) is 0 Å². The summed E-state index contributed by atoms with van der Waals surface area (Å²) in [4.78, 5) is 0. The molecule has 2 aromatic rings. The minimum Gasteiger partial charge on any atom is -0.364 e. The summed E-state index contributed by atoms with van der Waals surface area (Å²) in [5.74, 6) is 0. The van der Waals surface area contributed by atoms with Gasteiger partial charge in [-0.3, -0.25) is 0 Å². The van der Waals surface area contributed by atoms with Crippen LogP contribution in [-0.2, 0) is 18.4 Å². The minimum absolute atomic E-state index is 0.264. The second-order valence-electron chi connectivity index (χ2n) is 4.49. The fourth-order valence-corrected chi connectivity index (χ4v) is 2.42. The van der Waals surface area contributed by atoms with Crippen LogP contribution in [0.4, 0.5) is 0 Å². The molecule has 2 N–H and O–H groups in total. The van der Waals surface area contributed by atoms with E-state index in [0.717, 1.165) is 30.5 Å². The van der Waals surface area contributed by atoms with E-state index in [1.54, 1.807) is 6.26 Å². The summed E-state index contributed by atoms with van der Waals surface area (Å²) >= 11 is 0. The molecular weight excluding hydrogens is 200 g/mol. The second kappa shape index (κ2) is 3.46. The maximum absolute atomic E-state index is 6.48.